The van der Waals surface area contributed by atoms with Crippen molar-refractivity contribution in [1.29, 1.82) is 0 Å². The lowest BCUT2D eigenvalue weighted by atomic mass is 10.1. The summed E-state index contributed by atoms with van der Waals surface area (Å²) in [5.74, 6) is -2.22. The van der Waals surface area contributed by atoms with Crippen molar-refractivity contribution < 1.29 is 19.1 Å². The van der Waals surface area contributed by atoms with E-state index in [9.17, 15) is 14.0 Å². The largest absolute Gasteiger partial charge is 0.480 e. The minimum Gasteiger partial charge on any atom is -0.480 e. The van der Waals surface area contributed by atoms with E-state index in [1.165, 1.54) is 18.2 Å². The zero-order valence-corrected chi connectivity index (χ0v) is 8.74. The van der Waals surface area contributed by atoms with E-state index < -0.39 is 23.7 Å². The van der Waals surface area contributed by atoms with Crippen molar-refractivity contribution >= 4 is 11.9 Å². The van der Waals surface area contributed by atoms with Gasteiger partial charge in [0.05, 0.1) is 0 Å². The number of nitrogens with one attached hydrogen (secondary N) is 1. The number of hydrogen-bond acceptors (Lipinski definition) is 2. The van der Waals surface area contributed by atoms with E-state index in [-0.39, 0.29) is 12.0 Å². The standard InChI is InChI=1S/C11H12FNO3/c1-2-9(11(15)16)13-10(14)7-4-3-5-8(12)6-7/h3-6,9H,2H2,1H3,(H,13,14)(H,15,16)/t9-/m0/s1. The lowest BCUT2D eigenvalue weighted by molar-refractivity contribution is -0.139. The number of carbonyl (C=O) groups is 2. The van der Waals surface area contributed by atoms with Gasteiger partial charge in [-0.3, -0.25) is 4.79 Å². The Bertz CT molecular complexity index is 406. The number of carbonyl (C=O) groups excluding carboxylic acids is 1. The highest BCUT2D eigenvalue weighted by atomic mass is 19.1. The summed E-state index contributed by atoms with van der Waals surface area (Å²) in [4.78, 5) is 22.2. The van der Waals surface area contributed by atoms with E-state index >= 15 is 0 Å². The molecule has 0 fully saturated rings. The highest BCUT2D eigenvalue weighted by molar-refractivity contribution is 5.96. The predicted octanol–water partition coefficient (Wildman–Crippen LogP) is 1.42. The molecule has 0 saturated heterocycles. The molecule has 2 N–H and O–H groups in total. The van der Waals surface area contributed by atoms with Gasteiger partial charge in [-0.1, -0.05) is 13.0 Å². The van der Waals surface area contributed by atoms with Crippen molar-refractivity contribution in [3.05, 3.63) is 35.6 Å². The first-order valence-corrected chi connectivity index (χ1v) is 4.83. The molecular weight excluding hydrogens is 213 g/mol. The number of hydrogen-bond donors (Lipinski definition) is 2. The Morgan fingerprint density at radius 3 is 2.69 bits per heavy atom. The third kappa shape index (κ3) is 3.05. The van der Waals surface area contributed by atoms with Crippen LogP contribution >= 0.6 is 0 Å². The molecule has 0 radical (unpaired) electrons. The summed E-state index contributed by atoms with van der Waals surface area (Å²) in [7, 11) is 0. The van der Waals surface area contributed by atoms with Gasteiger partial charge in [-0.15, -0.1) is 0 Å². The van der Waals surface area contributed by atoms with Crippen molar-refractivity contribution in [1.82, 2.24) is 5.32 Å². The molecule has 0 aromatic heterocycles. The summed E-state index contributed by atoms with van der Waals surface area (Å²) in [6.07, 6.45) is 0.274. The van der Waals surface area contributed by atoms with Crippen molar-refractivity contribution in [3.8, 4) is 0 Å². The van der Waals surface area contributed by atoms with E-state index in [0.29, 0.717) is 0 Å². The highest BCUT2D eigenvalue weighted by Crippen LogP contribution is 2.04. The molecule has 1 amide bonds. The van der Waals surface area contributed by atoms with Crippen LogP contribution < -0.4 is 5.32 Å². The molecule has 1 atom stereocenters. The van der Waals surface area contributed by atoms with Crippen LogP contribution in [0.5, 0.6) is 0 Å². The molecule has 4 nitrogen and oxygen atoms in total. The fourth-order valence-corrected chi connectivity index (χ4v) is 1.21. The van der Waals surface area contributed by atoms with Crippen LogP contribution in [0, 0.1) is 5.82 Å². The van der Waals surface area contributed by atoms with Gasteiger partial charge in [-0.2, -0.15) is 0 Å². The van der Waals surface area contributed by atoms with Crippen LogP contribution in [0.4, 0.5) is 4.39 Å². The topological polar surface area (TPSA) is 66.4 Å². The normalized spacial score (nSPS) is 11.9. The average Bonchev–Trinajstić information content (AvgIpc) is 2.25. The summed E-state index contributed by atoms with van der Waals surface area (Å²) in [6.45, 7) is 1.64. The van der Waals surface area contributed by atoms with E-state index in [1.54, 1.807) is 6.92 Å². The maximum absolute atomic E-state index is 12.8. The molecular formula is C11H12FNO3. The molecule has 0 heterocycles. The van der Waals surface area contributed by atoms with Gasteiger partial charge in [-0.05, 0) is 24.6 Å². The highest BCUT2D eigenvalue weighted by Gasteiger charge is 2.18. The van der Waals surface area contributed by atoms with Crippen LogP contribution in [0.2, 0.25) is 0 Å². The summed E-state index contributed by atoms with van der Waals surface area (Å²) in [6, 6.07) is 4.14. The summed E-state index contributed by atoms with van der Waals surface area (Å²) < 4.78 is 12.8. The smallest absolute Gasteiger partial charge is 0.326 e. The molecule has 0 aliphatic heterocycles. The van der Waals surface area contributed by atoms with Gasteiger partial charge in [0.15, 0.2) is 0 Å². The van der Waals surface area contributed by atoms with Crippen LogP contribution in [0.1, 0.15) is 23.7 Å². The number of amides is 1. The monoisotopic (exact) mass is 225 g/mol. The maximum Gasteiger partial charge on any atom is 0.326 e. The van der Waals surface area contributed by atoms with E-state index in [4.69, 9.17) is 5.11 Å². The Morgan fingerprint density at radius 2 is 2.19 bits per heavy atom. The zero-order chi connectivity index (χ0) is 12.1. The first-order chi connectivity index (χ1) is 7.54. The number of aliphatic carboxylic acids is 1. The molecule has 86 valence electrons. The van der Waals surface area contributed by atoms with Crippen molar-refractivity contribution in [3.63, 3.8) is 0 Å². The second-order valence-corrected chi connectivity index (χ2v) is 3.28. The van der Waals surface area contributed by atoms with Gasteiger partial charge in [0.1, 0.15) is 11.9 Å². The molecule has 16 heavy (non-hydrogen) atoms. The predicted molar refractivity (Wildman–Crippen MR) is 55.6 cm³/mol. The third-order valence-electron chi connectivity index (χ3n) is 2.10. The minimum atomic E-state index is -1.10. The van der Waals surface area contributed by atoms with E-state index in [1.807, 2.05) is 0 Å². The van der Waals surface area contributed by atoms with Crippen molar-refractivity contribution in [2.75, 3.05) is 0 Å². The Balaban J connectivity index is 2.75. The van der Waals surface area contributed by atoms with E-state index in [2.05, 4.69) is 5.32 Å². The van der Waals surface area contributed by atoms with Crippen LogP contribution in [0.3, 0.4) is 0 Å². The average molecular weight is 225 g/mol. The van der Waals surface area contributed by atoms with Gasteiger partial charge < -0.3 is 10.4 Å². The SMILES string of the molecule is CC[C@H](NC(=O)c1cccc(F)c1)C(=O)O. The lowest BCUT2D eigenvalue weighted by Gasteiger charge is -2.11. The minimum absolute atomic E-state index is 0.111. The number of carboxylic acids is 1. The Hall–Kier alpha value is -1.91. The Kier molecular flexibility index (Phi) is 3.99. The molecule has 1 aromatic carbocycles. The Morgan fingerprint density at radius 1 is 1.50 bits per heavy atom. The van der Waals surface area contributed by atoms with Gasteiger partial charge in [0.2, 0.25) is 0 Å². The van der Waals surface area contributed by atoms with Crippen LogP contribution in [0.25, 0.3) is 0 Å². The molecule has 1 rings (SSSR count). The number of halogens is 1. The maximum atomic E-state index is 12.8. The molecule has 0 saturated carbocycles. The number of benzene rings is 1. The molecule has 0 aliphatic rings. The van der Waals surface area contributed by atoms with Gasteiger partial charge in [-0.25, -0.2) is 9.18 Å². The van der Waals surface area contributed by atoms with Crippen molar-refractivity contribution in [2.45, 2.75) is 19.4 Å². The first kappa shape index (κ1) is 12.2. The molecule has 0 unspecified atom stereocenters. The molecule has 0 bridgehead atoms. The van der Waals surface area contributed by atoms with E-state index in [0.717, 1.165) is 6.07 Å². The fourth-order valence-electron chi connectivity index (χ4n) is 1.21. The zero-order valence-electron chi connectivity index (χ0n) is 8.74. The second-order valence-electron chi connectivity index (χ2n) is 3.28. The first-order valence-electron chi connectivity index (χ1n) is 4.83. The second kappa shape index (κ2) is 5.25. The summed E-state index contributed by atoms with van der Waals surface area (Å²) >= 11 is 0. The van der Waals surface area contributed by atoms with Gasteiger partial charge >= 0.3 is 5.97 Å². The summed E-state index contributed by atoms with van der Waals surface area (Å²) in [5, 5.41) is 11.0. The lowest BCUT2D eigenvalue weighted by Crippen LogP contribution is -2.40. The van der Waals surface area contributed by atoms with Crippen LogP contribution in [-0.4, -0.2) is 23.0 Å². The quantitative estimate of drug-likeness (QED) is 0.814. The molecule has 5 heteroatoms. The van der Waals surface area contributed by atoms with Crippen molar-refractivity contribution in [2.24, 2.45) is 0 Å². The Labute approximate surface area is 92.1 Å². The molecule has 1 aromatic rings. The van der Waals surface area contributed by atoms with Crippen LogP contribution in [0.15, 0.2) is 24.3 Å². The van der Waals surface area contributed by atoms with Crippen LogP contribution in [-0.2, 0) is 4.79 Å². The fraction of sp³-hybridized carbons (Fsp3) is 0.273. The number of carboxylic acid groups (broad SMARTS) is 1. The number of rotatable bonds is 4. The molecule has 0 aliphatic carbocycles. The third-order valence-corrected chi connectivity index (χ3v) is 2.10. The van der Waals surface area contributed by atoms with Gasteiger partial charge in [0.25, 0.3) is 5.91 Å². The summed E-state index contributed by atoms with van der Waals surface area (Å²) in [5.41, 5.74) is 0.111. The molecule has 0 spiro atoms. The van der Waals surface area contributed by atoms with Gasteiger partial charge in [0, 0.05) is 5.56 Å².